The van der Waals surface area contributed by atoms with E-state index in [4.69, 9.17) is 4.74 Å². The van der Waals surface area contributed by atoms with Crippen molar-refractivity contribution in [2.75, 3.05) is 7.11 Å². The summed E-state index contributed by atoms with van der Waals surface area (Å²) in [5, 5.41) is 0. The van der Waals surface area contributed by atoms with Crippen molar-refractivity contribution in [2.45, 2.75) is 50.9 Å². The smallest absolute Gasteiger partial charge is 0.118 e. The van der Waals surface area contributed by atoms with E-state index in [0.29, 0.717) is 0 Å². The average molecular weight is 244 g/mol. The van der Waals surface area contributed by atoms with Gasteiger partial charge < -0.3 is 4.74 Å². The van der Waals surface area contributed by atoms with Crippen molar-refractivity contribution in [1.29, 1.82) is 0 Å². The van der Waals surface area contributed by atoms with Crippen LogP contribution in [0.4, 0.5) is 0 Å². The van der Waals surface area contributed by atoms with E-state index in [2.05, 4.69) is 24.3 Å². The van der Waals surface area contributed by atoms with E-state index in [-0.39, 0.29) is 0 Å². The molecule has 3 atom stereocenters. The SMILES string of the molecule is COc1ccc(C2CCCC3CCCCC32)cc1. The molecule has 2 fully saturated rings. The number of fused-ring (bicyclic) bond motifs is 1. The first kappa shape index (κ1) is 12.1. The molecule has 0 N–H and O–H groups in total. The van der Waals surface area contributed by atoms with Crippen molar-refractivity contribution in [3.8, 4) is 5.75 Å². The molecular weight excluding hydrogens is 220 g/mol. The predicted molar refractivity (Wildman–Crippen MR) is 75.0 cm³/mol. The summed E-state index contributed by atoms with van der Waals surface area (Å²) in [5.41, 5.74) is 1.55. The average Bonchev–Trinajstić information content (AvgIpc) is 2.47. The summed E-state index contributed by atoms with van der Waals surface area (Å²) in [6.45, 7) is 0. The van der Waals surface area contributed by atoms with Crippen LogP contribution in [0, 0.1) is 11.8 Å². The van der Waals surface area contributed by atoms with Crippen LogP contribution in [0.5, 0.6) is 5.75 Å². The summed E-state index contributed by atoms with van der Waals surface area (Å²) in [7, 11) is 1.74. The van der Waals surface area contributed by atoms with Gasteiger partial charge in [0.05, 0.1) is 7.11 Å². The van der Waals surface area contributed by atoms with Crippen LogP contribution in [0.15, 0.2) is 24.3 Å². The lowest BCUT2D eigenvalue weighted by molar-refractivity contribution is 0.144. The van der Waals surface area contributed by atoms with Gasteiger partial charge in [-0.3, -0.25) is 0 Å². The first-order valence-corrected chi connectivity index (χ1v) is 7.52. The Balaban J connectivity index is 1.80. The van der Waals surface area contributed by atoms with Crippen LogP contribution in [-0.2, 0) is 0 Å². The molecule has 0 bridgehead atoms. The van der Waals surface area contributed by atoms with Gasteiger partial charge in [-0.05, 0) is 48.3 Å². The Morgan fingerprint density at radius 1 is 0.889 bits per heavy atom. The van der Waals surface area contributed by atoms with Gasteiger partial charge in [-0.1, -0.05) is 44.2 Å². The summed E-state index contributed by atoms with van der Waals surface area (Å²) in [4.78, 5) is 0. The first-order valence-electron chi connectivity index (χ1n) is 7.52. The number of methoxy groups -OCH3 is 1. The molecule has 1 aromatic rings. The van der Waals surface area contributed by atoms with Gasteiger partial charge in [-0.2, -0.15) is 0 Å². The highest BCUT2D eigenvalue weighted by Crippen LogP contribution is 2.48. The van der Waals surface area contributed by atoms with Crippen LogP contribution in [0.2, 0.25) is 0 Å². The van der Waals surface area contributed by atoms with Gasteiger partial charge >= 0.3 is 0 Å². The van der Waals surface area contributed by atoms with Crippen LogP contribution in [0.25, 0.3) is 0 Å². The fourth-order valence-corrected chi connectivity index (χ4v) is 4.20. The Morgan fingerprint density at radius 3 is 2.39 bits per heavy atom. The third-order valence-electron chi connectivity index (χ3n) is 5.12. The van der Waals surface area contributed by atoms with Crippen LogP contribution in [0.3, 0.4) is 0 Å². The lowest BCUT2D eigenvalue weighted by Gasteiger charge is -2.41. The van der Waals surface area contributed by atoms with E-state index in [1.807, 2.05) is 0 Å². The van der Waals surface area contributed by atoms with E-state index in [9.17, 15) is 0 Å². The maximum absolute atomic E-state index is 5.26. The minimum atomic E-state index is 0.815. The molecule has 2 aliphatic rings. The highest BCUT2D eigenvalue weighted by atomic mass is 16.5. The second kappa shape index (κ2) is 5.34. The number of rotatable bonds is 2. The van der Waals surface area contributed by atoms with Crippen LogP contribution in [-0.4, -0.2) is 7.11 Å². The largest absolute Gasteiger partial charge is 0.497 e. The summed E-state index contributed by atoms with van der Waals surface area (Å²) >= 11 is 0. The highest BCUT2D eigenvalue weighted by Gasteiger charge is 2.35. The van der Waals surface area contributed by atoms with Crippen molar-refractivity contribution in [3.05, 3.63) is 29.8 Å². The maximum Gasteiger partial charge on any atom is 0.118 e. The molecule has 0 saturated heterocycles. The van der Waals surface area contributed by atoms with Crippen LogP contribution >= 0.6 is 0 Å². The standard InChI is InChI=1S/C17H24O/c1-18-15-11-9-14(10-12-15)17-8-4-6-13-5-2-3-7-16(13)17/h9-13,16-17H,2-8H2,1H3. The Morgan fingerprint density at radius 2 is 1.61 bits per heavy atom. The third-order valence-corrected chi connectivity index (χ3v) is 5.12. The van der Waals surface area contributed by atoms with Gasteiger partial charge in [0.25, 0.3) is 0 Å². The van der Waals surface area contributed by atoms with Crippen LogP contribution < -0.4 is 4.74 Å². The van der Waals surface area contributed by atoms with Crippen molar-refractivity contribution in [2.24, 2.45) is 11.8 Å². The molecule has 2 aliphatic carbocycles. The molecule has 98 valence electrons. The zero-order valence-electron chi connectivity index (χ0n) is 11.4. The summed E-state index contributed by atoms with van der Waals surface area (Å²) in [6.07, 6.45) is 10.2. The predicted octanol–water partition coefficient (Wildman–Crippen LogP) is 4.77. The van der Waals surface area contributed by atoms with E-state index >= 15 is 0 Å². The molecule has 0 aliphatic heterocycles. The summed E-state index contributed by atoms with van der Waals surface area (Å²) in [6, 6.07) is 8.84. The van der Waals surface area contributed by atoms with E-state index in [1.54, 1.807) is 12.7 Å². The number of hydrogen-bond acceptors (Lipinski definition) is 1. The highest BCUT2D eigenvalue weighted by molar-refractivity contribution is 5.30. The van der Waals surface area contributed by atoms with Crippen molar-refractivity contribution >= 4 is 0 Å². The van der Waals surface area contributed by atoms with Gasteiger partial charge in [0, 0.05) is 0 Å². The Kier molecular flexibility index (Phi) is 3.58. The van der Waals surface area contributed by atoms with Crippen LogP contribution in [0.1, 0.15) is 56.4 Å². The molecule has 3 rings (SSSR count). The summed E-state index contributed by atoms with van der Waals surface area (Å²) < 4.78 is 5.26. The molecule has 0 aromatic heterocycles. The van der Waals surface area contributed by atoms with Crippen molar-refractivity contribution in [1.82, 2.24) is 0 Å². The molecule has 0 radical (unpaired) electrons. The van der Waals surface area contributed by atoms with Crippen molar-refractivity contribution in [3.63, 3.8) is 0 Å². The molecule has 0 heterocycles. The maximum atomic E-state index is 5.26. The van der Waals surface area contributed by atoms with Crippen molar-refractivity contribution < 1.29 is 4.74 Å². The number of benzene rings is 1. The second-order valence-corrected chi connectivity index (χ2v) is 6.02. The lowest BCUT2D eigenvalue weighted by atomic mass is 9.64. The quantitative estimate of drug-likeness (QED) is 0.728. The topological polar surface area (TPSA) is 9.23 Å². The first-order chi connectivity index (χ1) is 8.88. The molecule has 3 unspecified atom stereocenters. The normalized spacial score (nSPS) is 31.7. The molecule has 18 heavy (non-hydrogen) atoms. The lowest BCUT2D eigenvalue weighted by Crippen LogP contribution is -2.29. The fourth-order valence-electron chi connectivity index (χ4n) is 4.20. The Labute approximate surface area is 111 Å². The van der Waals surface area contributed by atoms with E-state index in [0.717, 1.165) is 23.5 Å². The molecule has 1 aromatic carbocycles. The van der Waals surface area contributed by atoms with E-state index in [1.165, 1.54) is 44.9 Å². The third kappa shape index (κ3) is 2.28. The Bertz CT molecular complexity index is 379. The Hall–Kier alpha value is -0.980. The van der Waals surface area contributed by atoms with Gasteiger partial charge in [0.15, 0.2) is 0 Å². The monoisotopic (exact) mass is 244 g/mol. The molecule has 0 spiro atoms. The van der Waals surface area contributed by atoms with Gasteiger partial charge in [0.2, 0.25) is 0 Å². The minimum Gasteiger partial charge on any atom is -0.497 e. The van der Waals surface area contributed by atoms with E-state index < -0.39 is 0 Å². The molecule has 1 heteroatoms. The second-order valence-electron chi connectivity index (χ2n) is 6.02. The molecule has 2 saturated carbocycles. The molecular formula is C17H24O. The molecule has 1 nitrogen and oxygen atoms in total. The summed E-state index contributed by atoms with van der Waals surface area (Å²) in [5.74, 6) is 3.77. The van der Waals surface area contributed by atoms with Gasteiger partial charge in [-0.15, -0.1) is 0 Å². The zero-order valence-corrected chi connectivity index (χ0v) is 11.4. The fraction of sp³-hybridized carbons (Fsp3) is 0.647. The molecule has 0 amide bonds. The number of hydrogen-bond donors (Lipinski definition) is 0. The number of ether oxygens (including phenoxy) is 1. The minimum absolute atomic E-state index is 0.815. The zero-order chi connectivity index (χ0) is 12.4. The van der Waals surface area contributed by atoms with Gasteiger partial charge in [-0.25, -0.2) is 0 Å². The van der Waals surface area contributed by atoms with Gasteiger partial charge in [0.1, 0.15) is 5.75 Å².